The van der Waals surface area contributed by atoms with E-state index in [-0.39, 0.29) is 11.3 Å². The van der Waals surface area contributed by atoms with Crippen molar-refractivity contribution in [3.63, 3.8) is 0 Å². The lowest BCUT2D eigenvalue weighted by molar-refractivity contribution is 0.0746. The smallest absolute Gasteiger partial charge is 0.485 e. The van der Waals surface area contributed by atoms with Crippen molar-refractivity contribution in [1.29, 1.82) is 0 Å². The maximum atomic E-state index is 10.8. The Kier molecular flexibility index (Phi) is 2.53. The van der Waals surface area contributed by atoms with E-state index in [0.29, 0.717) is 0 Å². The molecule has 4 heteroatoms. The molecule has 0 aliphatic carbocycles. The van der Waals surface area contributed by atoms with E-state index in [1.54, 1.807) is 12.1 Å². The van der Waals surface area contributed by atoms with Crippen LogP contribution in [-0.2, 0) is 3.79 Å². The van der Waals surface area contributed by atoms with Gasteiger partial charge in [-0.15, -0.1) is 0 Å². The number of rotatable bonds is 1. The maximum absolute atomic E-state index is 10.8. The molecule has 0 atom stereocenters. The minimum Gasteiger partial charge on any atom is -0.624 e. The van der Waals surface area contributed by atoms with Crippen LogP contribution in [0.5, 0.6) is 5.75 Å². The molecular formula is C7H5AlO3. The van der Waals surface area contributed by atoms with Gasteiger partial charge >= 0.3 is 22.6 Å². The number of carbonyl (C=O) groups excluding carboxylic acids is 1. The molecule has 0 saturated heterocycles. The van der Waals surface area contributed by atoms with E-state index in [9.17, 15) is 4.79 Å². The number of phenolic OH excluding ortho intramolecular Hbond substituents is 1. The molecule has 11 heavy (non-hydrogen) atoms. The van der Waals surface area contributed by atoms with Gasteiger partial charge in [-0.05, 0) is 12.1 Å². The van der Waals surface area contributed by atoms with Gasteiger partial charge in [-0.2, -0.15) is 0 Å². The van der Waals surface area contributed by atoms with E-state index in [1.165, 1.54) is 12.1 Å². The Bertz CT molecular complexity index is 272. The van der Waals surface area contributed by atoms with E-state index in [4.69, 9.17) is 5.11 Å². The molecule has 0 bridgehead atoms. The average Bonchev–Trinajstić information content (AvgIpc) is 2.04. The van der Waals surface area contributed by atoms with Gasteiger partial charge < -0.3 is 8.90 Å². The minimum absolute atomic E-state index is 0.0695. The molecule has 1 N–H and O–H groups in total. The SMILES string of the molecule is O=C([O][Al])c1ccccc1O. The van der Waals surface area contributed by atoms with Crippen molar-refractivity contribution in [3.8, 4) is 5.75 Å². The first-order chi connectivity index (χ1) is 5.25. The van der Waals surface area contributed by atoms with Gasteiger partial charge in [-0.3, -0.25) is 0 Å². The first-order valence-corrected chi connectivity index (χ1v) is 3.42. The lowest BCUT2D eigenvalue weighted by atomic mass is 10.2. The number of hydrogen-bond acceptors (Lipinski definition) is 3. The van der Waals surface area contributed by atoms with Crippen molar-refractivity contribution in [2.45, 2.75) is 0 Å². The second-order valence-electron chi connectivity index (χ2n) is 1.92. The van der Waals surface area contributed by atoms with Gasteiger partial charge in [-0.25, -0.2) is 4.79 Å². The molecule has 0 saturated carbocycles. The Morgan fingerprint density at radius 1 is 1.45 bits per heavy atom. The fraction of sp³-hybridized carbons (Fsp3) is 0. The zero-order chi connectivity index (χ0) is 8.27. The van der Waals surface area contributed by atoms with Gasteiger partial charge in [0.2, 0.25) is 0 Å². The summed E-state index contributed by atoms with van der Waals surface area (Å²) in [6.07, 6.45) is 0. The summed E-state index contributed by atoms with van der Waals surface area (Å²) < 4.78 is 4.33. The number of carbonyl (C=O) groups is 1. The Balaban J connectivity index is 3.03. The van der Waals surface area contributed by atoms with E-state index in [0.717, 1.165) is 0 Å². The predicted octanol–water partition coefficient (Wildman–Crippen LogP) is 0.632. The standard InChI is InChI=1S/C7H6O3.Al/c8-6-4-2-1-3-5(6)7(9)10;/h1-4,8H,(H,9,10);/q;+1/p-1. The van der Waals surface area contributed by atoms with Crippen LogP contribution in [0, 0.1) is 0 Å². The minimum atomic E-state index is -0.562. The fourth-order valence-corrected chi connectivity index (χ4v) is 0.837. The lowest BCUT2D eigenvalue weighted by Crippen LogP contribution is -2.01. The van der Waals surface area contributed by atoms with Crippen LogP contribution in [0.3, 0.4) is 0 Å². The molecule has 1 aromatic rings. The van der Waals surface area contributed by atoms with Gasteiger partial charge in [0.05, 0.1) is 5.56 Å². The highest BCUT2D eigenvalue weighted by Crippen LogP contribution is 2.15. The largest absolute Gasteiger partial charge is 0.624 e. The quantitative estimate of drug-likeness (QED) is 0.619. The molecule has 0 amide bonds. The van der Waals surface area contributed by atoms with Gasteiger partial charge in [0, 0.05) is 0 Å². The topological polar surface area (TPSA) is 46.5 Å². The number of para-hydroxylation sites is 1. The average molecular weight is 164 g/mol. The first-order valence-electron chi connectivity index (χ1n) is 2.94. The molecular weight excluding hydrogens is 159 g/mol. The monoisotopic (exact) mass is 164 g/mol. The second kappa shape index (κ2) is 3.42. The molecule has 3 nitrogen and oxygen atoms in total. The van der Waals surface area contributed by atoms with Crippen LogP contribution in [0.15, 0.2) is 24.3 Å². The number of hydrogen-bond donors (Lipinski definition) is 1. The molecule has 0 aromatic heterocycles. The van der Waals surface area contributed by atoms with Crippen molar-refractivity contribution in [1.82, 2.24) is 0 Å². The summed E-state index contributed by atoms with van der Waals surface area (Å²) in [4.78, 5) is 10.8. The molecule has 0 heterocycles. The van der Waals surface area contributed by atoms with Crippen molar-refractivity contribution in [3.05, 3.63) is 29.8 Å². The Labute approximate surface area is 72.4 Å². The summed E-state index contributed by atoms with van der Waals surface area (Å²) >= 11 is 1.83. The Morgan fingerprint density at radius 3 is 2.64 bits per heavy atom. The summed E-state index contributed by atoms with van der Waals surface area (Å²) in [5, 5.41) is 9.10. The summed E-state index contributed by atoms with van der Waals surface area (Å²) in [6.45, 7) is 0. The Morgan fingerprint density at radius 2 is 2.09 bits per heavy atom. The predicted molar refractivity (Wildman–Crippen MR) is 39.3 cm³/mol. The molecule has 1 rings (SSSR count). The van der Waals surface area contributed by atoms with E-state index >= 15 is 0 Å². The van der Waals surface area contributed by atoms with Crippen molar-refractivity contribution < 1.29 is 13.7 Å². The van der Waals surface area contributed by atoms with Crippen LogP contribution in [0.2, 0.25) is 0 Å². The molecule has 54 valence electrons. The first kappa shape index (κ1) is 8.12. The van der Waals surface area contributed by atoms with Crippen molar-refractivity contribution >= 4 is 22.6 Å². The fourth-order valence-electron chi connectivity index (χ4n) is 0.710. The second-order valence-corrected chi connectivity index (χ2v) is 2.16. The van der Waals surface area contributed by atoms with Crippen molar-refractivity contribution in [2.24, 2.45) is 0 Å². The molecule has 0 aliphatic heterocycles. The third kappa shape index (κ3) is 1.73. The van der Waals surface area contributed by atoms with Crippen LogP contribution < -0.4 is 0 Å². The van der Waals surface area contributed by atoms with E-state index < -0.39 is 5.97 Å². The zero-order valence-electron chi connectivity index (χ0n) is 5.65. The maximum Gasteiger partial charge on any atom is 0.485 e. The highest BCUT2D eigenvalue weighted by molar-refractivity contribution is 6.10. The van der Waals surface area contributed by atoms with E-state index in [2.05, 4.69) is 3.79 Å². The van der Waals surface area contributed by atoms with Crippen LogP contribution in [0.1, 0.15) is 10.4 Å². The third-order valence-electron chi connectivity index (χ3n) is 1.23. The van der Waals surface area contributed by atoms with Crippen LogP contribution in [0.25, 0.3) is 0 Å². The Hall–Kier alpha value is -0.978. The van der Waals surface area contributed by atoms with Crippen molar-refractivity contribution in [2.75, 3.05) is 0 Å². The van der Waals surface area contributed by atoms with Crippen LogP contribution in [0.4, 0.5) is 0 Å². The normalized spacial score (nSPS) is 9.09. The highest BCUT2D eigenvalue weighted by Gasteiger charge is 2.07. The van der Waals surface area contributed by atoms with Gasteiger partial charge in [0.15, 0.2) is 0 Å². The van der Waals surface area contributed by atoms with Crippen LogP contribution in [-0.4, -0.2) is 27.7 Å². The van der Waals surface area contributed by atoms with Gasteiger partial charge in [-0.1, -0.05) is 12.1 Å². The lowest BCUT2D eigenvalue weighted by Gasteiger charge is -2.01. The number of benzene rings is 1. The molecule has 0 aliphatic rings. The molecule has 1 aromatic carbocycles. The van der Waals surface area contributed by atoms with E-state index in [1.807, 2.05) is 16.6 Å². The molecule has 2 radical (unpaired) electrons. The summed E-state index contributed by atoms with van der Waals surface area (Å²) in [5.41, 5.74) is 0.169. The highest BCUT2D eigenvalue weighted by atomic mass is 27.1. The summed E-state index contributed by atoms with van der Waals surface area (Å²) in [7, 11) is 0. The third-order valence-corrected chi connectivity index (χ3v) is 1.45. The summed E-state index contributed by atoms with van der Waals surface area (Å²) in [5.74, 6) is -0.631. The summed E-state index contributed by atoms with van der Waals surface area (Å²) in [6, 6.07) is 6.20. The van der Waals surface area contributed by atoms with Gasteiger partial charge in [0.25, 0.3) is 0 Å². The molecule has 0 spiro atoms. The zero-order valence-corrected chi connectivity index (χ0v) is 6.81. The number of aromatic hydroxyl groups is 1. The number of phenols is 1. The van der Waals surface area contributed by atoms with Gasteiger partial charge in [0.1, 0.15) is 5.75 Å². The molecule has 0 fully saturated rings. The van der Waals surface area contributed by atoms with Crippen LogP contribution >= 0.6 is 0 Å². The molecule has 0 unspecified atom stereocenters.